The van der Waals surface area contributed by atoms with Gasteiger partial charge in [-0.25, -0.2) is 9.78 Å². The van der Waals surface area contributed by atoms with E-state index in [2.05, 4.69) is 21.8 Å². The first-order chi connectivity index (χ1) is 8.79. The van der Waals surface area contributed by atoms with Crippen LogP contribution < -0.4 is 5.69 Å². The van der Waals surface area contributed by atoms with E-state index >= 15 is 0 Å². The molecule has 18 heavy (non-hydrogen) atoms. The summed E-state index contributed by atoms with van der Waals surface area (Å²) in [7, 11) is 0. The number of H-pyrrole nitrogens is 1. The highest BCUT2D eigenvalue weighted by Gasteiger charge is 2.22. The molecular formula is C13H18N4O. The zero-order valence-corrected chi connectivity index (χ0v) is 10.6. The second-order valence-electron chi connectivity index (χ2n) is 4.84. The van der Waals surface area contributed by atoms with Crippen LogP contribution in [0.4, 0.5) is 0 Å². The van der Waals surface area contributed by atoms with Gasteiger partial charge >= 0.3 is 5.69 Å². The first kappa shape index (κ1) is 11.5. The number of hydrogen-bond donors (Lipinski definition) is 1. The molecule has 1 fully saturated rings. The Morgan fingerprint density at radius 3 is 2.94 bits per heavy atom. The lowest BCUT2D eigenvalue weighted by molar-refractivity contribution is 0.195. The van der Waals surface area contributed by atoms with Crippen LogP contribution >= 0.6 is 0 Å². The van der Waals surface area contributed by atoms with Crippen LogP contribution in [0.25, 0.3) is 11.2 Å². The van der Waals surface area contributed by atoms with E-state index in [1.807, 2.05) is 16.7 Å². The first-order valence-corrected chi connectivity index (χ1v) is 6.57. The number of piperidine rings is 1. The smallest absolute Gasteiger partial charge is 0.303 e. The van der Waals surface area contributed by atoms with Crippen LogP contribution in [-0.4, -0.2) is 39.1 Å². The molecule has 0 unspecified atom stereocenters. The third-order valence-electron chi connectivity index (χ3n) is 3.86. The van der Waals surface area contributed by atoms with Crippen molar-refractivity contribution in [1.29, 1.82) is 0 Å². The van der Waals surface area contributed by atoms with Crippen molar-refractivity contribution >= 4 is 11.2 Å². The maximum Gasteiger partial charge on any atom is 0.327 e. The molecule has 0 spiro atoms. The van der Waals surface area contributed by atoms with E-state index in [4.69, 9.17) is 0 Å². The second kappa shape index (κ2) is 4.57. The van der Waals surface area contributed by atoms with Gasteiger partial charge in [-0.3, -0.25) is 9.55 Å². The minimum Gasteiger partial charge on any atom is -0.303 e. The Morgan fingerprint density at radius 1 is 1.44 bits per heavy atom. The van der Waals surface area contributed by atoms with Crippen molar-refractivity contribution in [3.8, 4) is 0 Å². The number of aromatic amines is 1. The average molecular weight is 246 g/mol. The van der Waals surface area contributed by atoms with Gasteiger partial charge < -0.3 is 4.90 Å². The lowest BCUT2D eigenvalue weighted by atomic mass is 10.0. The molecule has 96 valence electrons. The third-order valence-corrected chi connectivity index (χ3v) is 3.86. The summed E-state index contributed by atoms with van der Waals surface area (Å²) >= 11 is 0. The largest absolute Gasteiger partial charge is 0.327 e. The lowest BCUT2D eigenvalue weighted by Crippen LogP contribution is -2.36. The number of likely N-dealkylation sites (tertiary alicyclic amines) is 1. The maximum atomic E-state index is 12.0. The van der Waals surface area contributed by atoms with Gasteiger partial charge in [0.1, 0.15) is 0 Å². The van der Waals surface area contributed by atoms with Crippen LogP contribution in [0.2, 0.25) is 0 Å². The van der Waals surface area contributed by atoms with E-state index in [1.165, 1.54) is 0 Å². The molecule has 1 aliphatic rings. The SMILES string of the molecule is CCN1CCC(n2c(=O)[nH]c3ncccc32)CC1. The van der Waals surface area contributed by atoms with Gasteiger partial charge in [-0.15, -0.1) is 0 Å². The van der Waals surface area contributed by atoms with Gasteiger partial charge in [0.2, 0.25) is 0 Å². The predicted octanol–water partition coefficient (Wildman–Crippen LogP) is 1.38. The minimum atomic E-state index is -0.0290. The Balaban J connectivity index is 1.95. The molecule has 3 heterocycles. The van der Waals surface area contributed by atoms with Gasteiger partial charge in [0.25, 0.3) is 0 Å². The van der Waals surface area contributed by atoms with Gasteiger partial charge in [-0.1, -0.05) is 6.92 Å². The Morgan fingerprint density at radius 2 is 2.22 bits per heavy atom. The molecule has 3 rings (SSSR count). The van der Waals surface area contributed by atoms with E-state index in [0.717, 1.165) is 38.0 Å². The minimum absolute atomic E-state index is 0.0290. The quantitative estimate of drug-likeness (QED) is 0.871. The fraction of sp³-hybridized carbons (Fsp3) is 0.538. The fourth-order valence-electron chi connectivity index (χ4n) is 2.81. The molecule has 1 saturated heterocycles. The van der Waals surface area contributed by atoms with E-state index in [-0.39, 0.29) is 5.69 Å². The predicted molar refractivity (Wildman–Crippen MR) is 70.7 cm³/mol. The number of nitrogens with zero attached hydrogens (tertiary/aromatic N) is 3. The summed E-state index contributed by atoms with van der Waals surface area (Å²) in [5.41, 5.74) is 1.59. The average Bonchev–Trinajstić information content (AvgIpc) is 2.75. The van der Waals surface area contributed by atoms with Crippen molar-refractivity contribution in [2.24, 2.45) is 0 Å². The maximum absolute atomic E-state index is 12.0. The molecule has 0 aromatic carbocycles. The number of fused-ring (bicyclic) bond motifs is 1. The van der Waals surface area contributed by atoms with E-state index in [1.54, 1.807) is 6.20 Å². The number of pyridine rings is 1. The molecule has 1 N–H and O–H groups in total. The highest BCUT2D eigenvalue weighted by Crippen LogP contribution is 2.23. The van der Waals surface area contributed by atoms with Crippen molar-refractivity contribution in [3.63, 3.8) is 0 Å². The zero-order chi connectivity index (χ0) is 12.5. The molecule has 0 saturated carbocycles. The molecule has 0 radical (unpaired) electrons. The molecule has 2 aromatic rings. The fourth-order valence-corrected chi connectivity index (χ4v) is 2.81. The van der Waals surface area contributed by atoms with Crippen LogP contribution in [0, 0.1) is 0 Å². The number of hydrogen-bond acceptors (Lipinski definition) is 3. The molecule has 0 aliphatic carbocycles. The standard InChI is InChI=1S/C13H18N4O/c1-2-16-8-5-10(6-9-16)17-11-4-3-7-14-12(11)15-13(17)18/h3-4,7,10H,2,5-6,8-9H2,1H3,(H,14,15,18). The summed E-state index contributed by atoms with van der Waals surface area (Å²) in [4.78, 5) is 21.5. The molecule has 0 bridgehead atoms. The number of aromatic nitrogens is 3. The van der Waals surface area contributed by atoms with Crippen LogP contribution in [-0.2, 0) is 0 Å². The Labute approximate surface area is 105 Å². The molecule has 5 nitrogen and oxygen atoms in total. The van der Waals surface area contributed by atoms with Crippen molar-refractivity contribution in [1.82, 2.24) is 19.4 Å². The van der Waals surface area contributed by atoms with Gasteiger partial charge in [0, 0.05) is 25.3 Å². The summed E-state index contributed by atoms with van der Waals surface area (Å²) in [5, 5.41) is 0. The number of imidazole rings is 1. The molecule has 1 aliphatic heterocycles. The van der Waals surface area contributed by atoms with E-state index in [0.29, 0.717) is 11.7 Å². The molecule has 0 atom stereocenters. The van der Waals surface area contributed by atoms with Crippen molar-refractivity contribution in [2.75, 3.05) is 19.6 Å². The molecule has 5 heteroatoms. The lowest BCUT2D eigenvalue weighted by Gasteiger charge is -2.31. The Bertz CT molecular complexity index is 592. The van der Waals surface area contributed by atoms with Gasteiger partial charge in [0.05, 0.1) is 5.52 Å². The van der Waals surface area contributed by atoms with Crippen molar-refractivity contribution < 1.29 is 0 Å². The highest BCUT2D eigenvalue weighted by molar-refractivity contribution is 5.70. The molecule has 0 amide bonds. The number of rotatable bonds is 2. The number of nitrogens with one attached hydrogen (secondary N) is 1. The topological polar surface area (TPSA) is 53.9 Å². The summed E-state index contributed by atoms with van der Waals surface area (Å²) < 4.78 is 1.88. The van der Waals surface area contributed by atoms with Crippen LogP contribution in [0.15, 0.2) is 23.1 Å². The summed E-state index contributed by atoms with van der Waals surface area (Å²) in [5.74, 6) is 0. The molecule has 2 aromatic heterocycles. The summed E-state index contributed by atoms with van der Waals surface area (Å²) in [6, 6.07) is 4.15. The monoisotopic (exact) mass is 246 g/mol. The summed E-state index contributed by atoms with van der Waals surface area (Å²) in [6.45, 7) is 5.42. The first-order valence-electron chi connectivity index (χ1n) is 6.57. The van der Waals surface area contributed by atoms with Crippen LogP contribution in [0.1, 0.15) is 25.8 Å². The van der Waals surface area contributed by atoms with Crippen LogP contribution in [0.5, 0.6) is 0 Å². The van der Waals surface area contributed by atoms with Gasteiger partial charge in [-0.2, -0.15) is 0 Å². The summed E-state index contributed by atoms with van der Waals surface area (Å²) in [6.07, 6.45) is 3.79. The highest BCUT2D eigenvalue weighted by atomic mass is 16.1. The van der Waals surface area contributed by atoms with E-state index in [9.17, 15) is 4.79 Å². The third kappa shape index (κ3) is 1.84. The zero-order valence-electron chi connectivity index (χ0n) is 10.6. The Hall–Kier alpha value is -1.62. The van der Waals surface area contributed by atoms with Crippen molar-refractivity contribution in [3.05, 3.63) is 28.8 Å². The van der Waals surface area contributed by atoms with Gasteiger partial charge in [0.15, 0.2) is 5.65 Å². The van der Waals surface area contributed by atoms with Crippen molar-refractivity contribution in [2.45, 2.75) is 25.8 Å². The second-order valence-corrected chi connectivity index (χ2v) is 4.84. The molecular weight excluding hydrogens is 228 g/mol. The van der Waals surface area contributed by atoms with Crippen LogP contribution in [0.3, 0.4) is 0 Å². The normalized spacial score (nSPS) is 18.5. The van der Waals surface area contributed by atoms with E-state index < -0.39 is 0 Å². The Kier molecular flexibility index (Phi) is 2.91. The van der Waals surface area contributed by atoms with Gasteiger partial charge in [-0.05, 0) is 31.5 Å².